The molecule has 1 aliphatic heterocycles. The highest BCUT2D eigenvalue weighted by Gasteiger charge is 2.27. The summed E-state index contributed by atoms with van der Waals surface area (Å²) in [4.78, 5) is 25.0. The molecule has 23 heavy (non-hydrogen) atoms. The van der Waals surface area contributed by atoms with Crippen molar-refractivity contribution in [2.45, 2.75) is 25.7 Å². The fourth-order valence-electron chi connectivity index (χ4n) is 3.05. The smallest absolute Gasteiger partial charge is 0.337 e. The van der Waals surface area contributed by atoms with Gasteiger partial charge in [0.15, 0.2) is 0 Å². The Hall–Kier alpha value is -1.82. The minimum atomic E-state index is -0.365. The first-order chi connectivity index (χ1) is 11.0. The molecule has 1 aromatic carbocycles. The number of likely N-dealkylation sites (tertiary alicyclic amines) is 1. The van der Waals surface area contributed by atoms with Crippen molar-refractivity contribution in [3.63, 3.8) is 0 Å². The summed E-state index contributed by atoms with van der Waals surface area (Å²) in [6, 6.07) is 5.27. The lowest BCUT2D eigenvalue weighted by Crippen LogP contribution is -2.36. The van der Waals surface area contributed by atoms with Gasteiger partial charge in [0.05, 0.1) is 17.1 Å². The number of rotatable bonds is 2. The Kier molecular flexibility index (Phi) is 4.43. The second-order valence-electron chi connectivity index (χ2n) is 5.76. The monoisotopic (exact) mass is 379 g/mol. The minimum Gasteiger partial charge on any atom is -0.465 e. The average Bonchev–Trinajstić information content (AvgIpc) is 2.90. The molecule has 122 valence electrons. The molecule has 5 nitrogen and oxygen atoms in total. The Bertz CT molecular complexity index is 759. The van der Waals surface area contributed by atoms with Crippen LogP contribution in [-0.4, -0.2) is 37.0 Å². The molecule has 0 N–H and O–H groups in total. The van der Waals surface area contributed by atoms with E-state index in [1.165, 1.54) is 7.11 Å². The van der Waals surface area contributed by atoms with Crippen molar-refractivity contribution in [1.82, 2.24) is 4.90 Å². The summed E-state index contributed by atoms with van der Waals surface area (Å²) >= 11 is 3.61. The van der Waals surface area contributed by atoms with Crippen LogP contribution >= 0.6 is 15.9 Å². The fraction of sp³-hybridized carbons (Fsp3) is 0.412. The third kappa shape index (κ3) is 3.00. The van der Waals surface area contributed by atoms with Gasteiger partial charge in [-0.2, -0.15) is 0 Å². The van der Waals surface area contributed by atoms with Gasteiger partial charge < -0.3 is 14.1 Å². The highest BCUT2D eigenvalue weighted by atomic mass is 79.9. The van der Waals surface area contributed by atoms with Gasteiger partial charge in [-0.15, -0.1) is 0 Å². The van der Waals surface area contributed by atoms with Gasteiger partial charge in [-0.1, -0.05) is 0 Å². The van der Waals surface area contributed by atoms with E-state index in [9.17, 15) is 9.59 Å². The minimum absolute atomic E-state index is 0.120. The predicted octanol–water partition coefficient (Wildman–Crippen LogP) is 3.71. The van der Waals surface area contributed by atoms with Crippen molar-refractivity contribution in [2.24, 2.45) is 0 Å². The van der Waals surface area contributed by atoms with Crippen LogP contribution < -0.4 is 0 Å². The van der Waals surface area contributed by atoms with Crippen molar-refractivity contribution >= 4 is 38.8 Å². The van der Waals surface area contributed by atoms with E-state index >= 15 is 0 Å². The second kappa shape index (κ2) is 6.35. The number of esters is 1. The first-order valence-electron chi connectivity index (χ1n) is 7.57. The number of hydrogen-bond acceptors (Lipinski definition) is 4. The number of fused-ring (bicyclic) bond motifs is 1. The molecule has 0 radical (unpaired) electrons. The lowest BCUT2D eigenvalue weighted by Gasteiger charge is -2.30. The zero-order chi connectivity index (χ0) is 16.6. The number of amides is 1. The molecule has 1 amide bonds. The molecular formula is C17H18BrNO4. The first-order valence-corrected chi connectivity index (χ1v) is 8.36. The maximum Gasteiger partial charge on any atom is 0.337 e. The number of nitrogens with zero attached hydrogens (tertiary/aromatic N) is 1. The van der Waals surface area contributed by atoms with E-state index < -0.39 is 0 Å². The quantitative estimate of drug-likeness (QED) is 0.746. The van der Waals surface area contributed by atoms with Gasteiger partial charge in [-0.05, 0) is 47.0 Å². The number of halogens is 1. The number of methoxy groups -OCH3 is 1. The zero-order valence-corrected chi connectivity index (χ0v) is 14.7. The van der Waals surface area contributed by atoms with Crippen LogP contribution in [0.1, 0.15) is 41.8 Å². The van der Waals surface area contributed by atoms with E-state index in [4.69, 9.17) is 9.15 Å². The number of hydrogen-bond donors (Lipinski definition) is 0. The van der Waals surface area contributed by atoms with Crippen molar-refractivity contribution in [3.8, 4) is 0 Å². The van der Waals surface area contributed by atoms with Gasteiger partial charge in [0, 0.05) is 31.3 Å². The third-order valence-electron chi connectivity index (χ3n) is 4.38. The summed E-state index contributed by atoms with van der Waals surface area (Å²) in [5, 5.41) is 0.872. The van der Waals surface area contributed by atoms with Gasteiger partial charge in [-0.25, -0.2) is 4.79 Å². The van der Waals surface area contributed by atoms with E-state index in [1.54, 1.807) is 25.1 Å². The largest absolute Gasteiger partial charge is 0.465 e. The van der Waals surface area contributed by atoms with Crippen LogP contribution in [0.5, 0.6) is 0 Å². The van der Waals surface area contributed by atoms with Crippen LogP contribution in [0.4, 0.5) is 0 Å². The van der Waals surface area contributed by atoms with Crippen LogP contribution in [0, 0.1) is 0 Å². The first kappa shape index (κ1) is 16.1. The summed E-state index contributed by atoms with van der Waals surface area (Å²) < 4.78 is 11.6. The van der Waals surface area contributed by atoms with Gasteiger partial charge in [0.25, 0.3) is 0 Å². The Morgan fingerprint density at radius 1 is 1.30 bits per heavy atom. The van der Waals surface area contributed by atoms with E-state index in [2.05, 4.69) is 15.9 Å². The Labute approximate surface area is 142 Å². The van der Waals surface area contributed by atoms with Gasteiger partial charge in [-0.3, -0.25) is 4.79 Å². The maximum atomic E-state index is 11.7. The number of carbonyl (C=O) groups is 2. The average molecular weight is 380 g/mol. The third-order valence-corrected chi connectivity index (χ3v) is 5.20. The summed E-state index contributed by atoms with van der Waals surface area (Å²) in [6.07, 6.45) is 1.75. The fourth-order valence-corrected chi connectivity index (χ4v) is 3.76. The number of piperidine rings is 1. The maximum absolute atomic E-state index is 11.7. The lowest BCUT2D eigenvalue weighted by molar-refractivity contribution is -0.129. The van der Waals surface area contributed by atoms with Crippen molar-refractivity contribution < 1.29 is 18.7 Å². The molecule has 1 saturated heterocycles. The van der Waals surface area contributed by atoms with E-state index in [0.29, 0.717) is 5.56 Å². The molecule has 6 heteroatoms. The summed E-state index contributed by atoms with van der Waals surface area (Å²) in [6.45, 7) is 3.10. The van der Waals surface area contributed by atoms with Crippen molar-refractivity contribution in [3.05, 3.63) is 34.0 Å². The number of ether oxygens (including phenoxy) is 1. The molecule has 2 heterocycles. The van der Waals surface area contributed by atoms with Crippen LogP contribution in [-0.2, 0) is 9.53 Å². The standard InChI is InChI=1S/C17H18BrNO4/c1-10(20)19-7-5-11(6-8-19)16-15(18)13-9-12(17(21)22-2)3-4-14(13)23-16/h3-4,9,11H,5-8H2,1-2H3. The van der Waals surface area contributed by atoms with E-state index in [-0.39, 0.29) is 17.8 Å². The lowest BCUT2D eigenvalue weighted by atomic mass is 9.94. The molecule has 0 saturated carbocycles. The predicted molar refractivity (Wildman–Crippen MR) is 89.5 cm³/mol. The van der Waals surface area contributed by atoms with E-state index in [1.807, 2.05) is 4.90 Å². The molecule has 3 rings (SSSR count). The molecule has 2 aromatic rings. The van der Waals surface area contributed by atoms with Crippen LogP contribution in [0.25, 0.3) is 11.0 Å². The highest BCUT2D eigenvalue weighted by molar-refractivity contribution is 9.10. The molecule has 1 aliphatic rings. The second-order valence-corrected chi connectivity index (χ2v) is 6.56. The number of furan rings is 1. The normalized spacial score (nSPS) is 15.9. The van der Waals surface area contributed by atoms with Crippen LogP contribution in [0.2, 0.25) is 0 Å². The van der Waals surface area contributed by atoms with Crippen molar-refractivity contribution in [1.29, 1.82) is 0 Å². The Balaban J connectivity index is 1.89. The summed E-state index contributed by atoms with van der Waals surface area (Å²) in [7, 11) is 1.37. The molecule has 1 fully saturated rings. The summed E-state index contributed by atoms with van der Waals surface area (Å²) in [5.41, 5.74) is 1.24. The molecule has 0 bridgehead atoms. The molecule has 0 unspecified atom stereocenters. The molecule has 1 aromatic heterocycles. The summed E-state index contributed by atoms with van der Waals surface area (Å²) in [5.74, 6) is 0.922. The van der Waals surface area contributed by atoms with Crippen molar-refractivity contribution in [2.75, 3.05) is 20.2 Å². The van der Waals surface area contributed by atoms with Gasteiger partial charge in [0.2, 0.25) is 5.91 Å². The molecular weight excluding hydrogens is 362 g/mol. The highest BCUT2D eigenvalue weighted by Crippen LogP contribution is 2.39. The van der Waals surface area contributed by atoms with Crippen LogP contribution in [0.3, 0.4) is 0 Å². The topological polar surface area (TPSA) is 59.8 Å². The van der Waals surface area contributed by atoms with E-state index in [0.717, 1.165) is 47.1 Å². The SMILES string of the molecule is COC(=O)c1ccc2oc(C3CCN(C(C)=O)CC3)c(Br)c2c1. The zero-order valence-electron chi connectivity index (χ0n) is 13.1. The Morgan fingerprint density at radius 3 is 2.61 bits per heavy atom. The number of benzene rings is 1. The molecule has 0 aliphatic carbocycles. The Morgan fingerprint density at radius 2 is 2.00 bits per heavy atom. The molecule has 0 spiro atoms. The van der Waals surface area contributed by atoms with Crippen LogP contribution in [0.15, 0.2) is 27.1 Å². The number of carbonyl (C=O) groups excluding carboxylic acids is 2. The molecule has 0 atom stereocenters. The van der Waals surface area contributed by atoms with Gasteiger partial charge >= 0.3 is 5.97 Å². The van der Waals surface area contributed by atoms with Gasteiger partial charge in [0.1, 0.15) is 11.3 Å².